The van der Waals surface area contributed by atoms with Crippen LogP contribution in [-0.4, -0.2) is 31.6 Å². The topological polar surface area (TPSA) is 81.7 Å². The number of carbonyl (C=O) groups excluding carboxylic acids is 3. The number of benzene rings is 2. The summed E-state index contributed by atoms with van der Waals surface area (Å²) in [5.74, 6) is -1.41. The maximum atomic E-state index is 12.1. The van der Waals surface area contributed by atoms with Crippen molar-refractivity contribution in [3.63, 3.8) is 0 Å². The minimum Gasteiger partial charge on any atom is -0.465 e. The van der Waals surface area contributed by atoms with Gasteiger partial charge in [0.05, 0.1) is 19.1 Å². The van der Waals surface area contributed by atoms with E-state index in [-0.39, 0.29) is 18.9 Å². The van der Waals surface area contributed by atoms with Crippen LogP contribution in [-0.2, 0) is 19.1 Å². The Kier molecular flexibility index (Phi) is 7.11. The van der Waals surface area contributed by atoms with Crippen LogP contribution in [0.5, 0.6) is 0 Å². The number of esters is 2. The summed E-state index contributed by atoms with van der Waals surface area (Å²) in [5.41, 5.74) is 2.61. The first-order valence-corrected chi connectivity index (χ1v) is 8.60. The van der Waals surface area contributed by atoms with Gasteiger partial charge in [0.1, 0.15) is 0 Å². The lowest BCUT2D eigenvalue weighted by Crippen LogP contribution is -2.22. The summed E-state index contributed by atoms with van der Waals surface area (Å²) >= 11 is 0. The van der Waals surface area contributed by atoms with Gasteiger partial charge < -0.3 is 14.8 Å². The highest BCUT2D eigenvalue weighted by atomic mass is 16.5. The number of carbonyl (C=O) groups is 3. The Morgan fingerprint density at radius 1 is 1.07 bits per heavy atom. The van der Waals surface area contributed by atoms with Crippen molar-refractivity contribution >= 4 is 23.5 Å². The second-order valence-corrected chi connectivity index (χ2v) is 6.25. The van der Waals surface area contributed by atoms with Gasteiger partial charge in [0.2, 0.25) is 0 Å². The lowest BCUT2D eigenvalue weighted by Gasteiger charge is -2.12. The Labute approximate surface area is 158 Å². The fourth-order valence-corrected chi connectivity index (χ4v) is 2.54. The highest BCUT2D eigenvalue weighted by Gasteiger charge is 2.15. The van der Waals surface area contributed by atoms with Crippen molar-refractivity contribution in [3.8, 4) is 0 Å². The fraction of sp³-hybridized carbons (Fsp3) is 0.286. The van der Waals surface area contributed by atoms with Gasteiger partial charge in [0.25, 0.3) is 5.91 Å². The van der Waals surface area contributed by atoms with Crippen LogP contribution in [0.15, 0.2) is 48.5 Å². The first-order valence-electron chi connectivity index (χ1n) is 8.60. The average Bonchev–Trinajstić information content (AvgIpc) is 2.68. The highest BCUT2D eigenvalue weighted by molar-refractivity contribution is 5.96. The lowest BCUT2D eigenvalue weighted by atomic mass is 9.98. The number of amides is 1. The standard InChI is InChI=1S/C21H23NO5/c1-14-9-10-17(21(25)26-3)12-18(14)22-19(23)13-27-20(24)11-15(2)16-7-5-4-6-8-16/h4-10,12,15H,11,13H2,1-3H3,(H,22,23). The summed E-state index contributed by atoms with van der Waals surface area (Å²) in [6.07, 6.45) is 0.189. The Hall–Kier alpha value is -3.15. The largest absolute Gasteiger partial charge is 0.465 e. The number of hydrogen-bond donors (Lipinski definition) is 1. The molecular formula is C21H23NO5. The molecular weight excluding hydrogens is 346 g/mol. The van der Waals surface area contributed by atoms with E-state index < -0.39 is 17.8 Å². The van der Waals surface area contributed by atoms with Gasteiger partial charge in [-0.25, -0.2) is 4.79 Å². The number of anilines is 1. The first kappa shape index (κ1) is 20.2. The molecule has 0 aliphatic carbocycles. The molecule has 0 saturated carbocycles. The molecule has 6 heteroatoms. The zero-order valence-corrected chi connectivity index (χ0v) is 15.7. The lowest BCUT2D eigenvalue weighted by molar-refractivity contribution is -0.147. The molecule has 1 atom stereocenters. The van der Waals surface area contributed by atoms with Crippen LogP contribution in [0.3, 0.4) is 0 Å². The normalized spacial score (nSPS) is 11.4. The Balaban J connectivity index is 1.87. The van der Waals surface area contributed by atoms with Gasteiger partial charge in [-0.15, -0.1) is 0 Å². The van der Waals surface area contributed by atoms with Gasteiger partial charge in [-0.2, -0.15) is 0 Å². The molecule has 142 valence electrons. The van der Waals surface area contributed by atoms with Crippen LogP contribution in [0.25, 0.3) is 0 Å². The second-order valence-electron chi connectivity index (χ2n) is 6.25. The molecule has 1 unspecified atom stereocenters. The van der Waals surface area contributed by atoms with E-state index in [2.05, 4.69) is 10.1 Å². The van der Waals surface area contributed by atoms with Gasteiger partial charge in [0, 0.05) is 5.69 Å². The van der Waals surface area contributed by atoms with Crippen molar-refractivity contribution < 1.29 is 23.9 Å². The SMILES string of the molecule is COC(=O)c1ccc(C)c(NC(=O)COC(=O)CC(C)c2ccccc2)c1. The Morgan fingerprint density at radius 2 is 1.78 bits per heavy atom. The van der Waals surface area contributed by atoms with Crippen LogP contribution in [0, 0.1) is 6.92 Å². The molecule has 1 N–H and O–H groups in total. The third-order valence-electron chi connectivity index (χ3n) is 4.14. The summed E-state index contributed by atoms with van der Waals surface area (Å²) in [6.45, 7) is 3.34. The van der Waals surface area contributed by atoms with Crippen LogP contribution in [0.4, 0.5) is 5.69 Å². The maximum absolute atomic E-state index is 12.1. The summed E-state index contributed by atoms with van der Waals surface area (Å²) in [4.78, 5) is 35.6. The van der Waals surface area contributed by atoms with E-state index in [9.17, 15) is 14.4 Å². The third kappa shape index (κ3) is 5.95. The number of ether oxygens (including phenoxy) is 2. The van der Waals surface area contributed by atoms with E-state index in [4.69, 9.17) is 4.74 Å². The quantitative estimate of drug-likeness (QED) is 0.756. The van der Waals surface area contributed by atoms with E-state index >= 15 is 0 Å². The third-order valence-corrected chi connectivity index (χ3v) is 4.14. The molecule has 2 rings (SSSR count). The summed E-state index contributed by atoms with van der Waals surface area (Å²) in [5, 5.41) is 2.65. The Morgan fingerprint density at radius 3 is 2.44 bits per heavy atom. The smallest absolute Gasteiger partial charge is 0.337 e. The van der Waals surface area contributed by atoms with Crippen molar-refractivity contribution in [1.29, 1.82) is 0 Å². The van der Waals surface area contributed by atoms with E-state index in [1.54, 1.807) is 19.1 Å². The molecule has 2 aromatic rings. The van der Waals surface area contributed by atoms with E-state index in [1.807, 2.05) is 37.3 Å². The molecule has 6 nitrogen and oxygen atoms in total. The molecule has 1 amide bonds. The molecule has 2 aromatic carbocycles. The minimum atomic E-state index is -0.494. The maximum Gasteiger partial charge on any atom is 0.337 e. The van der Waals surface area contributed by atoms with Crippen LogP contribution in [0.1, 0.15) is 40.7 Å². The van der Waals surface area contributed by atoms with Gasteiger partial charge in [-0.1, -0.05) is 43.3 Å². The Bertz CT molecular complexity index is 817. The number of methoxy groups -OCH3 is 1. The number of hydrogen-bond acceptors (Lipinski definition) is 5. The van der Waals surface area contributed by atoms with E-state index in [0.29, 0.717) is 11.3 Å². The van der Waals surface area contributed by atoms with Crippen molar-refractivity contribution in [2.45, 2.75) is 26.2 Å². The summed E-state index contributed by atoms with van der Waals surface area (Å²) in [6, 6.07) is 14.5. The zero-order chi connectivity index (χ0) is 19.8. The molecule has 0 radical (unpaired) electrons. The predicted molar refractivity (Wildman–Crippen MR) is 102 cm³/mol. The van der Waals surface area contributed by atoms with Crippen molar-refractivity contribution in [2.24, 2.45) is 0 Å². The van der Waals surface area contributed by atoms with Gasteiger partial charge in [-0.3, -0.25) is 9.59 Å². The van der Waals surface area contributed by atoms with Crippen LogP contribution < -0.4 is 5.32 Å². The fourth-order valence-electron chi connectivity index (χ4n) is 2.54. The van der Waals surface area contributed by atoms with Gasteiger partial charge in [-0.05, 0) is 36.1 Å². The van der Waals surface area contributed by atoms with Crippen molar-refractivity contribution in [1.82, 2.24) is 0 Å². The van der Waals surface area contributed by atoms with Gasteiger partial charge in [0.15, 0.2) is 6.61 Å². The average molecular weight is 369 g/mol. The van der Waals surface area contributed by atoms with Gasteiger partial charge >= 0.3 is 11.9 Å². The second kappa shape index (κ2) is 9.52. The molecule has 0 aromatic heterocycles. The predicted octanol–water partition coefficient (Wildman–Crippen LogP) is 3.46. The zero-order valence-electron chi connectivity index (χ0n) is 15.7. The molecule has 27 heavy (non-hydrogen) atoms. The van der Waals surface area contributed by atoms with Crippen LogP contribution in [0.2, 0.25) is 0 Å². The van der Waals surface area contributed by atoms with Crippen molar-refractivity contribution in [2.75, 3.05) is 19.0 Å². The molecule has 0 fully saturated rings. The summed E-state index contributed by atoms with van der Waals surface area (Å²) < 4.78 is 9.73. The number of aryl methyl sites for hydroxylation is 1. The molecule has 0 saturated heterocycles. The van der Waals surface area contributed by atoms with Crippen molar-refractivity contribution in [3.05, 3.63) is 65.2 Å². The van der Waals surface area contributed by atoms with Crippen LogP contribution >= 0.6 is 0 Å². The van der Waals surface area contributed by atoms with E-state index in [0.717, 1.165) is 11.1 Å². The molecule has 0 aliphatic rings. The molecule has 0 heterocycles. The minimum absolute atomic E-state index is 0.000688. The molecule has 0 bridgehead atoms. The number of rotatable bonds is 7. The van der Waals surface area contributed by atoms with E-state index in [1.165, 1.54) is 13.2 Å². The highest BCUT2D eigenvalue weighted by Crippen LogP contribution is 2.19. The molecule has 0 spiro atoms. The first-order chi connectivity index (χ1) is 12.9. The monoisotopic (exact) mass is 369 g/mol. The summed E-state index contributed by atoms with van der Waals surface area (Å²) in [7, 11) is 1.29. The molecule has 0 aliphatic heterocycles. The number of nitrogens with one attached hydrogen (secondary N) is 1.